The van der Waals surface area contributed by atoms with Crippen LogP contribution in [0.5, 0.6) is 0 Å². The van der Waals surface area contributed by atoms with Crippen molar-refractivity contribution in [3.63, 3.8) is 0 Å². The highest BCUT2D eigenvalue weighted by molar-refractivity contribution is 5.84. The molecule has 29 heavy (non-hydrogen) atoms. The third-order valence-electron chi connectivity index (χ3n) is 4.42. The Balaban J connectivity index is 2.33. The third kappa shape index (κ3) is 3.45. The van der Waals surface area contributed by atoms with Crippen molar-refractivity contribution in [1.82, 2.24) is 24.0 Å². The van der Waals surface area contributed by atoms with Crippen molar-refractivity contribution >= 4 is 29.0 Å². The Morgan fingerprint density at radius 3 is 2.38 bits per heavy atom. The molecule has 0 saturated carbocycles. The van der Waals surface area contributed by atoms with E-state index < -0.39 is 29.3 Å². The molecule has 1 N–H and O–H groups in total. The number of nitrogens with one attached hydrogen (secondary N) is 1. The summed E-state index contributed by atoms with van der Waals surface area (Å²) >= 11 is 0. The van der Waals surface area contributed by atoms with E-state index in [1.54, 1.807) is 4.90 Å². The van der Waals surface area contributed by atoms with Gasteiger partial charge in [0.15, 0.2) is 11.2 Å². The van der Waals surface area contributed by atoms with E-state index in [9.17, 15) is 27.6 Å². The molecule has 0 spiro atoms. The molecular weight excluding hydrogens is 397 g/mol. The minimum absolute atomic E-state index is 0.0286. The molecule has 1 aliphatic rings. The van der Waals surface area contributed by atoms with E-state index in [1.807, 2.05) is 0 Å². The number of piperazine rings is 1. The smallest absolute Gasteiger partial charge is 0.394 e. The number of halogens is 3. The number of aryl methyl sites for hydroxylation is 1. The summed E-state index contributed by atoms with van der Waals surface area (Å²) in [5.41, 5.74) is 0.304. The van der Waals surface area contributed by atoms with Crippen molar-refractivity contribution in [3.8, 4) is 0 Å². The van der Waals surface area contributed by atoms with Crippen LogP contribution in [0.1, 0.15) is 0 Å². The Labute approximate surface area is 161 Å². The molecule has 0 aromatic carbocycles. The lowest BCUT2D eigenvalue weighted by atomic mass is 10.4. The molecule has 3 heterocycles. The van der Waals surface area contributed by atoms with Gasteiger partial charge in [0.1, 0.15) is 0 Å². The molecule has 10 nitrogen and oxygen atoms in total. The second kappa shape index (κ2) is 7.26. The molecule has 2 aromatic heterocycles. The Hall–Kier alpha value is -3.31. The lowest BCUT2D eigenvalue weighted by Crippen LogP contribution is -2.44. The number of hydrogen-bond donors (Lipinski definition) is 1. The van der Waals surface area contributed by atoms with Crippen molar-refractivity contribution in [3.05, 3.63) is 33.1 Å². The quantitative estimate of drug-likeness (QED) is 0.412. The molecule has 2 aromatic rings. The molecule has 0 aliphatic carbocycles. The molecule has 13 heteroatoms. The van der Waals surface area contributed by atoms with E-state index in [4.69, 9.17) is 0 Å². The highest BCUT2D eigenvalue weighted by Crippen LogP contribution is 2.27. The predicted molar refractivity (Wildman–Crippen MR) is 96.3 cm³/mol. The lowest BCUT2D eigenvalue weighted by molar-refractivity contribution is -0.192. The van der Waals surface area contributed by atoms with Gasteiger partial charge in [-0.1, -0.05) is 12.3 Å². The molecule has 0 bridgehead atoms. The minimum Gasteiger partial charge on any atom is -0.394 e. The fourth-order valence-corrected chi connectivity index (χ4v) is 2.96. The summed E-state index contributed by atoms with van der Waals surface area (Å²) in [4.78, 5) is 42.3. The number of carbonyl (C=O) groups is 1. The zero-order chi connectivity index (χ0) is 21.5. The number of hydrogen-bond acceptors (Lipinski definition) is 7. The number of rotatable bonds is 3. The SMILES string of the molecule is C=C=C(OC(=O)C(F)(F)F)n1c(N2CCNCC2)nc2c1c(=O)n(C)c(=O)n2C. The van der Waals surface area contributed by atoms with Gasteiger partial charge in [0.25, 0.3) is 11.4 Å². The van der Waals surface area contributed by atoms with E-state index >= 15 is 0 Å². The maximum absolute atomic E-state index is 12.8. The van der Waals surface area contributed by atoms with Crippen molar-refractivity contribution in [2.24, 2.45) is 14.1 Å². The zero-order valence-corrected chi connectivity index (χ0v) is 15.5. The van der Waals surface area contributed by atoms with Gasteiger partial charge in [0.2, 0.25) is 5.95 Å². The van der Waals surface area contributed by atoms with Crippen LogP contribution in [0.3, 0.4) is 0 Å². The molecule has 3 rings (SSSR count). The Morgan fingerprint density at radius 2 is 1.83 bits per heavy atom. The normalized spacial score (nSPS) is 14.7. The summed E-state index contributed by atoms with van der Waals surface area (Å²) in [5.74, 6) is -3.24. The number of fused-ring (bicyclic) bond motifs is 1. The largest absolute Gasteiger partial charge is 0.491 e. The summed E-state index contributed by atoms with van der Waals surface area (Å²) < 4.78 is 45.4. The van der Waals surface area contributed by atoms with Crippen LogP contribution < -0.4 is 21.5 Å². The number of anilines is 1. The van der Waals surface area contributed by atoms with Gasteiger partial charge >= 0.3 is 17.8 Å². The topological polar surface area (TPSA) is 103 Å². The molecule has 1 aliphatic heterocycles. The lowest BCUT2D eigenvalue weighted by Gasteiger charge is -2.28. The maximum atomic E-state index is 12.8. The van der Waals surface area contributed by atoms with Gasteiger partial charge in [-0.15, -0.1) is 0 Å². The van der Waals surface area contributed by atoms with Crippen molar-refractivity contribution in [2.75, 3.05) is 31.1 Å². The number of alkyl halides is 3. The monoisotopic (exact) mass is 414 g/mol. The molecule has 0 radical (unpaired) electrons. The van der Waals surface area contributed by atoms with Crippen LogP contribution in [-0.2, 0) is 23.6 Å². The van der Waals surface area contributed by atoms with E-state index in [2.05, 4.69) is 27.3 Å². The predicted octanol–water partition coefficient (Wildman–Crippen LogP) is -0.468. The summed E-state index contributed by atoms with van der Waals surface area (Å²) in [7, 11) is 2.58. The molecule has 0 unspecified atom stereocenters. The van der Waals surface area contributed by atoms with Crippen LogP contribution >= 0.6 is 0 Å². The molecule has 1 saturated heterocycles. The standard InChI is InChI=1S/C16H17F3N6O4/c1-4-9(29-13(27)16(17,18)19)25-10-11(22(2)15(28)23(3)12(10)26)21-14(25)24-7-5-20-6-8-24/h20H,1,5-8H2,2-3H3. The average Bonchev–Trinajstić information content (AvgIpc) is 3.09. The van der Waals surface area contributed by atoms with E-state index in [1.165, 1.54) is 14.1 Å². The maximum Gasteiger partial charge on any atom is 0.491 e. The molecular formula is C16H17F3N6O4. The first-order chi connectivity index (χ1) is 13.6. The van der Waals surface area contributed by atoms with Crippen LogP contribution in [0.15, 0.2) is 21.9 Å². The first-order valence-electron chi connectivity index (χ1n) is 8.41. The van der Waals surface area contributed by atoms with E-state index in [-0.39, 0.29) is 17.1 Å². The number of esters is 1. The minimum atomic E-state index is -5.27. The van der Waals surface area contributed by atoms with Gasteiger partial charge in [0, 0.05) is 40.3 Å². The number of ether oxygens (including phenoxy) is 1. The molecule has 0 atom stereocenters. The number of nitrogens with zero attached hydrogens (tertiary/aromatic N) is 5. The van der Waals surface area contributed by atoms with Gasteiger partial charge in [-0.3, -0.25) is 13.9 Å². The van der Waals surface area contributed by atoms with Crippen LogP contribution in [0.2, 0.25) is 0 Å². The Bertz CT molecular complexity index is 1150. The van der Waals surface area contributed by atoms with Crippen molar-refractivity contribution in [1.29, 1.82) is 0 Å². The van der Waals surface area contributed by atoms with Crippen LogP contribution in [0.25, 0.3) is 17.0 Å². The molecule has 0 amide bonds. The summed E-state index contributed by atoms with van der Waals surface area (Å²) in [6, 6.07) is 0. The highest BCUT2D eigenvalue weighted by atomic mass is 19.4. The van der Waals surface area contributed by atoms with Crippen LogP contribution in [0.4, 0.5) is 19.1 Å². The summed E-state index contributed by atoms with van der Waals surface area (Å²) in [5, 5.41) is 3.11. The number of carbonyl (C=O) groups excluding carboxylic acids is 1. The number of aromatic nitrogens is 4. The molecule has 156 valence electrons. The van der Waals surface area contributed by atoms with Gasteiger partial charge in [-0.05, 0) is 0 Å². The van der Waals surface area contributed by atoms with Gasteiger partial charge in [-0.25, -0.2) is 14.2 Å². The average molecular weight is 414 g/mol. The van der Waals surface area contributed by atoms with Gasteiger partial charge in [-0.2, -0.15) is 18.2 Å². The van der Waals surface area contributed by atoms with E-state index in [0.29, 0.717) is 26.2 Å². The first-order valence-corrected chi connectivity index (χ1v) is 8.41. The fraction of sp³-hybridized carbons (Fsp3) is 0.438. The Morgan fingerprint density at radius 1 is 1.21 bits per heavy atom. The fourth-order valence-electron chi connectivity index (χ4n) is 2.96. The summed E-state index contributed by atoms with van der Waals surface area (Å²) in [6.45, 7) is 5.20. The van der Waals surface area contributed by atoms with Crippen molar-refractivity contribution in [2.45, 2.75) is 6.18 Å². The second-order valence-corrected chi connectivity index (χ2v) is 6.23. The van der Waals surface area contributed by atoms with Crippen LogP contribution in [-0.4, -0.2) is 57.0 Å². The van der Waals surface area contributed by atoms with Gasteiger partial charge < -0.3 is 15.0 Å². The summed E-state index contributed by atoms with van der Waals surface area (Å²) in [6.07, 6.45) is -5.27. The van der Waals surface area contributed by atoms with E-state index in [0.717, 1.165) is 13.7 Å². The third-order valence-corrected chi connectivity index (χ3v) is 4.42. The number of imidazole rings is 1. The van der Waals surface area contributed by atoms with Crippen molar-refractivity contribution < 1.29 is 22.7 Å². The highest BCUT2D eigenvalue weighted by Gasteiger charge is 2.42. The zero-order valence-electron chi connectivity index (χ0n) is 15.5. The first kappa shape index (κ1) is 20.4. The van der Waals surface area contributed by atoms with Gasteiger partial charge in [0.05, 0.1) is 0 Å². The Kier molecular flexibility index (Phi) is 5.11. The second-order valence-electron chi connectivity index (χ2n) is 6.23. The van der Waals surface area contributed by atoms with Crippen LogP contribution in [0, 0.1) is 0 Å². The molecule has 1 fully saturated rings.